The van der Waals surface area contributed by atoms with Gasteiger partial charge in [0, 0.05) is 18.4 Å². The molecule has 0 fully saturated rings. The number of aromatic nitrogens is 2. The second-order valence-corrected chi connectivity index (χ2v) is 5.71. The number of thioether (sulfide) groups is 1. The van der Waals surface area contributed by atoms with Crippen molar-refractivity contribution < 1.29 is 4.42 Å². The summed E-state index contributed by atoms with van der Waals surface area (Å²) in [6.07, 6.45) is 4.51. The predicted molar refractivity (Wildman–Crippen MR) is 77.1 cm³/mol. The smallest absolute Gasteiger partial charge is 0.188 e. The van der Waals surface area contributed by atoms with Gasteiger partial charge in [0.25, 0.3) is 0 Å². The second kappa shape index (κ2) is 6.21. The summed E-state index contributed by atoms with van der Waals surface area (Å²) in [7, 11) is 0. The van der Waals surface area contributed by atoms with Gasteiger partial charge in [0.15, 0.2) is 5.16 Å². The molecule has 0 aliphatic carbocycles. The summed E-state index contributed by atoms with van der Waals surface area (Å²) >= 11 is 1.56. The molecular formula is C14H19N3OS. The topological polar surface area (TPSA) is 64.9 Å². The van der Waals surface area contributed by atoms with Gasteiger partial charge >= 0.3 is 0 Å². The summed E-state index contributed by atoms with van der Waals surface area (Å²) in [5.74, 6) is 1.79. The van der Waals surface area contributed by atoms with Gasteiger partial charge in [-0.15, -0.1) is 0 Å². The average Bonchev–Trinajstić information content (AvgIpc) is 2.83. The van der Waals surface area contributed by atoms with Gasteiger partial charge < -0.3 is 10.2 Å². The van der Waals surface area contributed by atoms with Gasteiger partial charge in [-0.25, -0.2) is 9.97 Å². The molecule has 2 aromatic heterocycles. The van der Waals surface area contributed by atoms with Crippen molar-refractivity contribution >= 4 is 11.8 Å². The first kappa shape index (κ1) is 14.1. The van der Waals surface area contributed by atoms with Crippen LogP contribution < -0.4 is 5.73 Å². The zero-order valence-corrected chi connectivity index (χ0v) is 12.3. The van der Waals surface area contributed by atoms with Gasteiger partial charge in [-0.2, -0.15) is 0 Å². The number of aryl methyl sites for hydroxylation is 2. The fourth-order valence-corrected chi connectivity index (χ4v) is 2.80. The van der Waals surface area contributed by atoms with Crippen molar-refractivity contribution in [3.63, 3.8) is 0 Å². The fraction of sp³-hybridized carbons (Fsp3) is 0.429. The third-order valence-electron chi connectivity index (χ3n) is 2.89. The van der Waals surface area contributed by atoms with Crippen LogP contribution in [0.5, 0.6) is 0 Å². The number of furan rings is 1. The number of hydrogen-bond acceptors (Lipinski definition) is 5. The Balaban J connectivity index is 2.21. The van der Waals surface area contributed by atoms with Crippen LogP contribution in [0.3, 0.4) is 0 Å². The van der Waals surface area contributed by atoms with Crippen LogP contribution in [0.4, 0.5) is 0 Å². The summed E-state index contributed by atoms with van der Waals surface area (Å²) in [4.78, 5) is 8.64. The zero-order chi connectivity index (χ0) is 13.8. The molecule has 19 heavy (non-hydrogen) atoms. The summed E-state index contributed by atoms with van der Waals surface area (Å²) in [6, 6.07) is 3.96. The first-order chi connectivity index (χ1) is 9.10. The molecule has 0 saturated heterocycles. The van der Waals surface area contributed by atoms with Crippen molar-refractivity contribution in [2.24, 2.45) is 5.73 Å². The third kappa shape index (κ3) is 3.58. The maximum atomic E-state index is 6.20. The molecule has 0 aromatic carbocycles. The summed E-state index contributed by atoms with van der Waals surface area (Å²) in [5.41, 5.74) is 7.25. The second-order valence-electron chi connectivity index (χ2n) is 4.60. The van der Waals surface area contributed by atoms with Crippen molar-refractivity contribution in [2.45, 2.75) is 43.6 Å². The highest BCUT2D eigenvalue weighted by Crippen LogP contribution is 2.37. The molecule has 0 bridgehead atoms. The molecule has 2 atom stereocenters. The lowest BCUT2D eigenvalue weighted by atomic mass is 10.1. The molecule has 0 aliphatic heterocycles. The van der Waals surface area contributed by atoms with E-state index in [1.807, 2.05) is 38.4 Å². The molecular weight excluding hydrogens is 258 g/mol. The van der Waals surface area contributed by atoms with Crippen molar-refractivity contribution in [3.05, 3.63) is 41.6 Å². The SMILES string of the molecule is CCC(N)C(Sc1ncc(C)cn1)c1ccc(C)o1. The van der Waals surface area contributed by atoms with Crippen LogP contribution in [-0.4, -0.2) is 16.0 Å². The molecule has 2 aromatic rings. The molecule has 4 nitrogen and oxygen atoms in total. The van der Waals surface area contributed by atoms with Gasteiger partial charge in [0.2, 0.25) is 0 Å². The van der Waals surface area contributed by atoms with Crippen LogP contribution in [0.15, 0.2) is 34.1 Å². The Hall–Kier alpha value is -1.33. The number of nitrogens with zero attached hydrogens (tertiary/aromatic N) is 2. The molecule has 2 rings (SSSR count). The van der Waals surface area contributed by atoms with E-state index in [2.05, 4.69) is 16.9 Å². The molecule has 0 amide bonds. The molecule has 0 aliphatic rings. The molecule has 5 heteroatoms. The Bertz CT molecular complexity index is 524. The largest absolute Gasteiger partial charge is 0.465 e. The lowest BCUT2D eigenvalue weighted by Crippen LogP contribution is -2.25. The lowest BCUT2D eigenvalue weighted by molar-refractivity contribution is 0.454. The molecule has 0 radical (unpaired) electrons. The third-order valence-corrected chi connectivity index (χ3v) is 4.15. The molecule has 0 spiro atoms. The molecule has 2 heterocycles. The number of hydrogen-bond donors (Lipinski definition) is 1. The van der Waals surface area contributed by atoms with Crippen LogP contribution in [-0.2, 0) is 0 Å². The Labute approximate surface area is 117 Å². The molecule has 0 saturated carbocycles. The molecule has 102 valence electrons. The van der Waals surface area contributed by atoms with Crippen molar-refractivity contribution in [1.29, 1.82) is 0 Å². The van der Waals surface area contributed by atoms with Gasteiger partial charge in [0.05, 0.1) is 5.25 Å². The van der Waals surface area contributed by atoms with Crippen molar-refractivity contribution in [2.75, 3.05) is 0 Å². The van der Waals surface area contributed by atoms with E-state index in [9.17, 15) is 0 Å². The van der Waals surface area contributed by atoms with Crippen molar-refractivity contribution in [3.8, 4) is 0 Å². The monoisotopic (exact) mass is 277 g/mol. The highest BCUT2D eigenvalue weighted by molar-refractivity contribution is 7.99. The minimum absolute atomic E-state index is 0.0143. The van der Waals surface area contributed by atoms with Crippen molar-refractivity contribution in [1.82, 2.24) is 9.97 Å². The summed E-state index contributed by atoms with van der Waals surface area (Å²) < 4.78 is 5.71. The van der Waals surface area contributed by atoms with E-state index in [1.54, 1.807) is 11.8 Å². The van der Waals surface area contributed by atoms with Crippen LogP contribution in [0.25, 0.3) is 0 Å². The van der Waals surface area contributed by atoms with Gasteiger partial charge in [-0.1, -0.05) is 18.7 Å². The van der Waals surface area contributed by atoms with E-state index in [-0.39, 0.29) is 11.3 Å². The quantitative estimate of drug-likeness (QED) is 0.671. The zero-order valence-electron chi connectivity index (χ0n) is 11.5. The van der Waals surface area contributed by atoms with Gasteiger partial charge in [-0.05, 0) is 38.0 Å². The molecule has 2 N–H and O–H groups in total. The Morgan fingerprint density at radius 3 is 2.47 bits per heavy atom. The average molecular weight is 277 g/mol. The summed E-state index contributed by atoms with van der Waals surface area (Å²) in [6.45, 7) is 5.98. The van der Waals surface area contributed by atoms with E-state index >= 15 is 0 Å². The van der Waals surface area contributed by atoms with E-state index in [0.29, 0.717) is 0 Å². The first-order valence-electron chi connectivity index (χ1n) is 6.37. The lowest BCUT2D eigenvalue weighted by Gasteiger charge is -2.19. The Morgan fingerprint density at radius 1 is 1.26 bits per heavy atom. The highest BCUT2D eigenvalue weighted by Gasteiger charge is 2.24. The van der Waals surface area contributed by atoms with Crippen LogP contribution in [0.2, 0.25) is 0 Å². The van der Waals surface area contributed by atoms with E-state index in [4.69, 9.17) is 10.2 Å². The van der Waals surface area contributed by atoms with Crippen LogP contribution in [0.1, 0.15) is 35.7 Å². The van der Waals surface area contributed by atoms with E-state index in [0.717, 1.165) is 28.7 Å². The van der Waals surface area contributed by atoms with Gasteiger partial charge in [-0.3, -0.25) is 0 Å². The maximum Gasteiger partial charge on any atom is 0.188 e. The first-order valence-corrected chi connectivity index (χ1v) is 7.25. The summed E-state index contributed by atoms with van der Waals surface area (Å²) in [5, 5.41) is 0.773. The Kier molecular flexibility index (Phi) is 4.61. The number of nitrogens with two attached hydrogens (primary N) is 1. The van der Waals surface area contributed by atoms with Crippen LogP contribution >= 0.6 is 11.8 Å². The van der Waals surface area contributed by atoms with Gasteiger partial charge in [0.1, 0.15) is 11.5 Å². The Morgan fingerprint density at radius 2 is 1.95 bits per heavy atom. The predicted octanol–water partition coefficient (Wildman–Crippen LogP) is 3.26. The standard InChI is InChI=1S/C14H19N3OS/c1-4-11(15)13(12-6-5-10(3)18-12)19-14-16-7-9(2)8-17-14/h5-8,11,13H,4,15H2,1-3H3. The highest BCUT2D eigenvalue weighted by atomic mass is 32.2. The fourth-order valence-electron chi connectivity index (χ4n) is 1.73. The normalized spacial score (nSPS) is 14.3. The minimum Gasteiger partial charge on any atom is -0.465 e. The molecule has 2 unspecified atom stereocenters. The van der Waals surface area contributed by atoms with Crippen LogP contribution in [0, 0.1) is 13.8 Å². The number of rotatable bonds is 5. The maximum absolute atomic E-state index is 6.20. The van der Waals surface area contributed by atoms with E-state index < -0.39 is 0 Å². The van der Waals surface area contributed by atoms with E-state index in [1.165, 1.54) is 0 Å². The minimum atomic E-state index is 0.0143.